The molecule has 0 radical (unpaired) electrons. The van der Waals surface area contributed by atoms with Crippen molar-refractivity contribution in [1.29, 1.82) is 0 Å². The number of benzene rings is 1. The van der Waals surface area contributed by atoms with Crippen LogP contribution in [0, 0.1) is 10.1 Å². The van der Waals surface area contributed by atoms with Crippen molar-refractivity contribution in [2.75, 3.05) is 5.32 Å². The molecule has 10 heteroatoms. The number of aromatic nitrogens is 2. The molecule has 1 N–H and O–H groups in total. The topological polar surface area (TPSA) is 90.1 Å². The second kappa shape index (κ2) is 5.47. The van der Waals surface area contributed by atoms with Gasteiger partial charge in [0.25, 0.3) is 5.91 Å². The van der Waals surface area contributed by atoms with Gasteiger partial charge < -0.3 is 5.32 Å². The van der Waals surface area contributed by atoms with Gasteiger partial charge in [-0.25, -0.2) is 0 Å². The summed E-state index contributed by atoms with van der Waals surface area (Å²) in [6.07, 6.45) is -3.56. The average molecular weight is 314 g/mol. The Labute approximate surface area is 121 Å². The molecule has 0 atom stereocenters. The summed E-state index contributed by atoms with van der Waals surface area (Å²) in [5, 5.41) is 16.7. The lowest BCUT2D eigenvalue weighted by Gasteiger charge is -2.08. The summed E-state index contributed by atoms with van der Waals surface area (Å²) in [7, 11) is 1.34. The third-order valence-corrected chi connectivity index (χ3v) is 2.80. The van der Waals surface area contributed by atoms with Crippen LogP contribution in [0.1, 0.15) is 16.1 Å². The standard InChI is InChI=1S/C12H9F3N4O3/c1-18-10(9(6-16-18)19(21)22)11(20)17-8-4-2-7(3-5-8)12(13,14)15/h2-6H,1H3,(H,17,20). The minimum Gasteiger partial charge on any atom is -0.320 e. The van der Waals surface area contributed by atoms with E-state index in [1.54, 1.807) is 0 Å². The summed E-state index contributed by atoms with van der Waals surface area (Å²) in [6, 6.07) is 3.71. The number of amides is 1. The number of aryl methyl sites for hydroxylation is 1. The molecule has 22 heavy (non-hydrogen) atoms. The molecule has 1 aromatic heterocycles. The van der Waals surface area contributed by atoms with Gasteiger partial charge in [0.2, 0.25) is 5.69 Å². The smallest absolute Gasteiger partial charge is 0.320 e. The number of carbonyl (C=O) groups excluding carboxylic acids is 1. The van der Waals surface area contributed by atoms with Crippen molar-refractivity contribution in [3.05, 3.63) is 51.8 Å². The Morgan fingerprint density at radius 3 is 2.41 bits per heavy atom. The molecule has 0 saturated carbocycles. The zero-order valence-electron chi connectivity index (χ0n) is 11.1. The van der Waals surface area contributed by atoms with Crippen molar-refractivity contribution in [2.45, 2.75) is 6.18 Å². The van der Waals surface area contributed by atoms with Crippen molar-refractivity contribution in [1.82, 2.24) is 9.78 Å². The van der Waals surface area contributed by atoms with E-state index >= 15 is 0 Å². The van der Waals surface area contributed by atoms with E-state index in [4.69, 9.17) is 0 Å². The van der Waals surface area contributed by atoms with E-state index in [9.17, 15) is 28.1 Å². The third kappa shape index (κ3) is 3.05. The number of anilines is 1. The van der Waals surface area contributed by atoms with Gasteiger partial charge in [-0.2, -0.15) is 18.3 Å². The number of hydrogen-bond acceptors (Lipinski definition) is 4. The summed E-state index contributed by atoms with van der Waals surface area (Å²) in [5.74, 6) is -0.841. The van der Waals surface area contributed by atoms with Crippen LogP contribution in [-0.2, 0) is 13.2 Å². The Kier molecular flexibility index (Phi) is 3.85. The van der Waals surface area contributed by atoms with Crippen LogP contribution in [0.15, 0.2) is 30.5 Å². The largest absolute Gasteiger partial charge is 0.416 e. The fourth-order valence-electron chi connectivity index (χ4n) is 1.76. The number of nitrogens with one attached hydrogen (secondary N) is 1. The molecule has 0 aliphatic heterocycles. The highest BCUT2D eigenvalue weighted by molar-refractivity contribution is 6.05. The first-order chi connectivity index (χ1) is 10.2. The molecule has 7 nitrogen and oxygen atoms in total. The summed E-state index contributed by atoms with van der Waals surface area (Å²) in [5.41, 5.74) is -1.58. The minimum absolute atomic E-state index is 0.0773. The number of carbonyl (C=O) groups is 1. The van der Waals surface area contributed by atoms with Crippen LogP contribution in [0.2, 0.25) is 0 Å². The van der Waals surface area contributed by atoms with E-state index < -0.39 is 28.3 Å². The summed E-state index contributed by atoms with van der Waals surface area (Å²) >= 11 is 0. The first-order valence-electron chi connectivity index (χ1n) is 5.85. The Bertz CT molecular complexity index is 722. The summed E-state index contributed by atoms with van der Waals surface area (Å²) in [4.78, 5) is 22.0. The normalized spacial score (nSPS) is 11.3. The molecule has 1 aromatic carbocycles. The van der Waals surface area contributed by atoms with E-state index in [1.807, 2.05) is 0 Å². The molecule has 0 aliphatic rings. The van der Waals surface area contributed by atoms with Crippen LogP contribution in [-0.4, -0.2) is 20.6 Å². The summed E-state index contributed by atoms with van der Waals surface area (Å²) < 4.78 is 38.3. The molecule has 2 rings (SSSR count). The maximum absolute atomic E-state index is 12.4. The number of rotatable bonds is 3. The number of halogens is 3. The van der Waals surface area contributed by atoms with E-state index in [0.717, 1.165) is 35.1 Å². The van der Waals surface area contributed by atoms with Gasteiger partial charge in [0.05, 0.1) is 10.5 Å². The average Bonchev–Trinajstić information content (AvgIpc) is 2.80. The fourth-order valence-corrected chi connectivity index (χ4v) is 1.76. The molecule has 1 heterocycles. The number of hydrogen-bond donors (Lipinski definition) is 1. The highest BCUT2D eigenvalue weighted by atomic mass is 19.4. The lowest BCUT2D eigenvalue weighted by atomic mass is 10.2. The van der Waals surface area contributed by atoms with Gasteiger partial charge in [-0.15, -0.1) is 0 Å². The fraction of sp³-hybridized carbons (Fsp3) is 0.167. The zero-order valence-corrected chi connectivity index (χ0v) is 11.1. The van der Waals surface area contributed by atoms with Crippen molar-refractivity contribution < 1.29 is 22.9 Å². The van der Waals surface area contributed by atoms with Crippen LogP contribution in [0.3, 0.4) is 0 Å². The van der Waals surface area contributed by atoms with E-state index in [0.29, 0.717) is 0 Å². The van der Waals surface area contributed by atoms with Gasteiger partial charge in [0.15, 0.2) is 0 Å². The van der Waals surface area contributed by atoms with E-state index in [-0.39, 0.29) is 11.4 Å². The molecule has 1 amide bonds. The van der Waals surface area contributed by atoms with Crippen molar-refractivity contribution in [3.8, 4) is 0 Å². The second-order valence-corrected chi connectivity index (χ2v) is 4.29. The molecular formula is C12H9F3N4O3. The Balaban J connectivity index is 2.23. The molecular weight excluding hydrogens is 305 g/mol. The van der Waals surface area contributed by atoms with Gasteiger partial charge in [0.1, 0.15) is 6.20 Å². The highest BCUT2D eigenvalue weighted by Crippen LogP contribution is 2.30. The Morgan fingerprint density at radius 1 is 1.32 bits per heavy atom. The van der Waals surface area contributed by atoms with E-state index in [2.05, 4.69) is 10.4 Å². The predicted octanol–water partition coefficient (Wildman–Crippen LogP) is 2.60. The van der Waals surface area contributed by atoms with Gasteiger partial charge in [0, 0.05) is 12.7 Å². The second-order valence-electron chi connectivity index (χ2n) is 4.29. The molecule has 0 spiro atoms. The number of nitrogens with zero attached hydrogens (tertiary/aromatic N) is 3. The Morgan fingerprint density at radius 2 is 1.91 bits per heavy atom. The molecule has 0 fully saturated rings. The third-order valence-electron chi connectivity index (χ3n) is 2.80. The lowest BCUT2D eigenvalue weighted by Crippen LogP contribution is -2.17. The molecule has 0 bridgehead atoms. The van der Waals surface area contributed by atoms with Crippen LogP contribution >= 0.6 is 0 Å². The lowest BCUT2D eigenvalue weighted by molar-refractivity contribution is -0.385. The van der Waals surface area contributed by atoms with E-state index in [1.165, 1.54) is 7.05 Å². The van der Waals surface area contributed by atoms with Crippen molar-refractivity contribution in [3.63, 3.8) is 0 Å². The van der Waals surface area contributed by atoms with Gasteiger partial charge >= 0.3 is 11.9 Å². The van der Waals surface area contributed by atoms with Gasteiger partial charge in [-0.05, 0) is 24.3 Å². The van der Waals surface area contributed by atoms with Crippen LogP contribution in [0.5, 0.6) is 0 Å². The number of nitro groups is 1. The predicted molar refractivity (Wildman–Crippen MR) is 69.3 cm³/mol. The van der Waals surface area contributed by atoms with Gasteiger partial charge in [-0.3, -0.25) is 19.6 Å². The van der Waals surface area contributed by atoms with Gasteiger partial charge in [-0.1, -0.05) is 0 Å². The minimum atomic E-state index is -4.48. The van der Waals surface area contributed by atoms with Crippen LogP contribution in [0.25, 0.3) is 0 Å². The van der Waals surface area contributed by atoms with Crippen molar-refractivity contribution >= 4 is 17.3 Å². The van der Waals surface area contributed by atoms with Crippen molar-refractivity contribution in [2.24, 2.45) is 7.05 Å². The summed E-state index contributed by atoms with van der Waals surface area (Å²) in [6.45, 7) is 0. The molecule has 0 saturated heterocycles. The van der Waals surface area contributed by atoms with Crippen LogP contribution < -0.4 is 5.32 Å². The maximum Gasteiger partial charge on any atom is 0.416 e. The SMILES string of the molecule is Cn1ncc([N+](=O)[O-])c1C(=O)Nc1ccc(C(F)(F)F)cc1. The monoisotopic (exact) mass is 314 g/mol. The highest BCUT2D eigenvalue weighted by Gasteiger charge is 2.30. The number of alkyl halides is 3. The molecule has 2 aromatic rings. The van der Waals surface area contributed by atoms with Crippen LogP contribution in [0.4, 0.5) is 24.5 Å². The molecule has 0 unspecified atom stereocenters. The first-order valence-corrected chi connectivity index (χ1v) is 5.85. The maximum atomic E-state index is 12.4. The zero-order chi connectivity index (χ0) is 16.5. The Hall–Kier alpha value is -2.91. The molecule has 116 valence electrons. The quantitative estimate of drug-likeness (QED) is 0.696. The first kappa shape index (κ1) is 15.5. The molecule has 0 aliphatic carbocycles.